The molecule has 6 heteroatoms. The molecule has 2 unspecified atom stereocenters. The first-order chi connectivity index (χ1) is 9.65. The third-order valence-corrected chi connectivity index (χ3v) is 4.73. The fourth-order valence-electron chi connectivity index (χ4n) is 2.46. The molecule has 2 aliphatic rings. The van der Waals surface area contributed by atoms with Gasteiger partial charge < -0.3 is 15.7 Å². The highest BCUT2D eigenvalue weighted by Crippen LogP contribution is 2.40. The lowest BCUT2D eigenvalue weighted by Crippen LogP contribution is -2.31. The fraction of sp³-hybridized carbons (Fsp3) is 0.357. The lowest BCUT2D eigenvalue weighted by Gasteiger charge is -2.11. The van der Waals surface area contributed by atoms with E-state index in [4.69, 9.17) is 0 Å². The molecule has 2 aliphatic heterocycles. The van der Waals surface area contributed by atoms with Gasteiger partial charge in [-0.05, 0) is 37.1 Å². The Labute approximate surface area is 120 Å². The van der Waals surface area contributed by atoms with E-state index in [-0.39, 0.29) is 28.9 Å². The SMILES string of the molecule is O=C(C1=C(O)NC(c2cccc(F)c2)S1)C1CCCN1. The fourth-order valence-corrected chi connectivity index (χ4v) is 3.57. The van der Waals surface area contributed by atoms with Crippen LogP contribution in [0.15, 0.2) is 35.1 Å². The summed E-state index contributed by atoms with van der Waals surface area (Å²) in [6, 6.07) is 5.93. The highest BCUT2D eigenvalue weighted by atomic mass is 32.2. The second-order valence-corrected chi connectivity index (χ2v) is 6.00. The highest BCUT2D eigenvalue weighted by Gasteiger charge is 2.34. The second kappa shape index (κ2) is 5.46. The number of halogens is 1. The van der Waals surface area contributed by atoms with Crippen LogP contribution in [0.1, 0.15) is 23.8 Å². The van der Waals surface area contributed by atoms with Crippen molar-refractivity contribution < 1.29 is 14.3 Å². The molecule has 1 aromatic rings. The number of carbonyl (C=O) groups excluding carboxylic acids is 1. The normalized spacial score (nSPS) is 25.9. The highest BCUT2D eigenvalue weighted by molar-refractivity contribution is 8.04. The minimum absolute atomic E-state index is 0.0867. The molecular formula is C14H15FN2O2S. The van der Waals surface area contributed by atoms with Gasteiger partial charge in [0.15, 0.2) is 5.78 Å². The number of rotatable bonds is 3. The summed E-state index contributed by atoms with van der Waals surface area (Å²) >= 11 is 1.24. The smallest absolute Gasteiger partial charge is 0.203 e. The molecule has 2 heterocycles. The number of hydrogen-bond acceptors (Lipinski definition) is 5. The van der Waals surface area contributed by atoms with E-state index < -0.39 is 0 Å². The Morgan fingerprint density at radius 1 is 1.45 bits per heavy atom. The van der Waals surface area contributed by atoms with E-state index in [0.29, 0.717) is 10.5 Å². The third-order valence-electron chi connectivity index (χ3n) is 3.47. The molecular weight excluding hydrogens is 279 g/mol. The molecule has 0 amide bonds. The minimum Gasteiger partial charge on any atom is -0.494 e. The van der Waals surface area contributed by atoms with E-state index in [1.54, 1.807) is 12.1 Å². The Morgan fingerprint density at radius 2 is 2.30 bits per heavy atom. The molecule has 0 aliphatic carbocycles. The molecule has 1 saturated heterocycles. The van der Waals surface area contributed by atoms with Crippen molar-refractivity contribution in [2.45, 2.75) is 24.3 Å². The lowest BCUT2D eigenvalue weighted by molar-refractivity contribution is -0.116. The van der Waals surface area contributed by atoms with E-state index in [1.807, 2.05) is 0 Å². The van der Waals surface area contributed by atoms with Gasteiger partial charge in [0.2, 0.25) is 5.88 Å². The molecule has 2 atom stereocenters. The monoisotopic (exact) mass is 294 g/mol. The zero-order chi connectivity index (χ0) is 14.1. The maximum atomic E-state index is 13.2. The molecule has 1 aromatic carbocycles. The van der Waals surface area contributed by atoms with Gasteiger partial charge in [-0.1, -0.05) is 23.9 Å². The van der Waals surface area contributed by atoms with Crippen LogP contribution in [-0.2, 0) is 4.79 Å². The van der Waals surface area contributed by atoms with Gasteiger partial charge >= 0.3 is 0 Å². The van der Waals surface area contributed by atoms with E-state index in [9.17, 15) is 14.3 Å². The van der Waals surface area contributed by atoms with Gasteiger partial charge in [-0.15, -0.1) is 0 Å². The van der Waals surface area contributed by atoms with Gasteiger partial charge in [0, 0.05) is 0 Å². The Hall–Kier alpha value is -1.53. The summed E-state index contributed by atoms with van der Waals surface area (Å²) in [6.45, 7) is 0.829. The summed E-state index contributed by atoms with van der Waals surface area (Å²) < 4.78 is 13.2. The minimum atomic E-state index is -0.332. The number of aliphatic hydroxyl groups is 1. The topological polar surface area (TPSA) is 61.4 Å². The van der Waals surface area contributed by atoms with Crippen molar-refractivity contribution in [3.8, 4) is 0 Å². The van der Waals surface area contributed by atoms with Crippen molar-refractivity contribution in [1.29, 1.82) is 0 Å². The van der Waals surface area contributed by atoms with Crippen LogP contribution in [0.4, 0.5) is 4.39 Å². The van der Waals surface area contributed by atoms with Crippen LogP contribution in [-0.4, -0.2) is 23.5 Å². The number of hydrogen-bond donors (Lipinski definition) is 3. The maximum Gasteiger partial charge on any atom is 0.203 e. The molecule has 3 N–H and O–H groups in total. The zero-order valence-corrected chi connectivity index (χ0v) is 11.5. The van der Waals surface area contributed by atoms with E-state index in [1.165, 1.54) is 23.9 Å². The summed E-state index contributed by atoms with van der Waals surface area (Å²) in [6.07, 6.45) is 1.76. The summed E-state index contributed by atoms with van der Waals surface area (Å²) in [5, 5.41) is 15.6. The number of nitrogens with one attached hydrogen (secondary N) is 2. The van der Waals surface area contributed by atoms with Crippen molar-refractivity contribution in [2.24, 2.45) is 0 Å². The maximum absolute atomic E-state index is 13.2. The average molecular weight is 294 g/mol. The summed E-state index contributed by atoms with van der Waals surface area (Å²) in [5.74, 6) is -0.527. The lowest BCUT2D eigenvalue weighted by atomic mass is 10.1. The van der Waals surface area contributed by atoms with E-state index in [2.05, 4.69) is 10.6 Å². The van der Waals surface area contributed by atoms with Gasteiger partial charge in [0.1, 0.15) is 16.1 Å². The summed E-state index contributed by atoms with van der Waals surface area (Å²) in [7, 11) is 0. The number of Topliss-reactive ketones (excluding diaryl/α,β-unsaturated/α-hetero) is 1. The first-order valence-corrected chi connectivity index (χ1v) is 7.42. The molecule has 1 fully saturated rings. The first-order valence-electron chi connectivity index (χ1n) is 6.54. The van der Waals surface area contributed by atoms with Crippen molar-refractivity contribution in [2.75, 3.05) is 6.54 Å². The Morgan fingerprint density at radius 3 is 3.00 bits per heavy atom. The quantitative estimate of drug-likeness (QED) is 0.798. The van der Waals surface area contributed by atoms with Crippen LogP contribution in [0, 0.1) is 5.82 Å². The standard InChI is InChI=1S/C14H15FN2O2S/c15-9-4-1-3-8(7-9)14-17-13(19)12(20-14)11(18)10-5-2-6-16-10/h1,3-4,7,10,14,16-17,19H,2,5-6H2. The molecule has 0 spiro atoms. The van der Waals surface area contributed by atoms with Gasteiger partial charge in [-0.25, -0.2) is 4.39 Å². The number of thioether (sulfide) groups is 1. The molecule has 20 heavy (non-hydrogen) atoms. The predicted octanol–water partition coefficient (Wildman–Crippen LogP) is 2.21. The van der Waals surface area contributed by atoms with Crippen LogP contribution >= 0.6 is 11.8 Å². The second-order valence-electron chi connectivity index (χ2n) is 4.89. The van der Waals surface area contributed by atoms with Crippen molar-refractivity contribution in [3.05, 3.63) is 46.4 Å². The van der Waals surface area contributed by atoms with Crippen LogP contribution in [0.25, 0.3) is 0 Å². The van der Waals surface area contributed by atoms with Crippen molar-refractivity contribution >= 4 is 17.5 Å². The average Bonchev–Trinajstić information content (AvgIpc) is 3.07. The van der Waals surface area contributed by atoms with Gasteiger partial charge in [-0.3, -0.25) is 4.79 Å². The Kier molecular flexibility index (Phi) is 3.67. The van der Waals surface area contributed by atoms with E-state index in [0.717, 1.165) is 19.4 Å². The Bertz CT molecular complexity index is 570. The summed E-state index contributed by atoms with van der Waals surface area (Å²) in [5.41, 5.74) is 0.698. The predicted molar refractivity (Wildman–Crippen MR) is 75.6 cm³/mol. The first kappa shape index (κ1) is 13.5. The number of aliphatic hydroxyl groups excluding tert-OH is 1. The third kappa shape index (κ3) is 2.53. The van der Waals surface area contributed by atoms with Crippen LogP contribution in [0.5, 0.6) is 0 Å². The van der Waals surface area contributed by atoms with Crippen molar-refractivity contribution in [3.63, 3.8) is 0 Å². The van der Waals surface area contributed by atoms with Gasteiger partial charge in [0.25, 0.3) is 0 Å². The number of benzene rings is 1. The van der Waals surface area contributed by atoms with Gasteiger partial charge in [0.05, 0.1) is 6.04 Å². The summed E-state index contributed by atoms with van der Waals surface area (Å²) in [4.78, 5) is 12.6. The molecule has 0 bridgehead atoms. The number of ketones is 1. The van der Waals surface area contributed by atoms with Crippen LogP contribution in [0.2, 0.25) is 0 Å². The molecule has 0 saturated carbocycles. The van der Waals surface area contributed by atoms with Gasteiger partial charge in [-0.2, -0.15) is 0 Å². The zero-order valence-electron chi connectivity index (χ0n) is 10.7. The van der Waals surface area contributed by atoms with E-state index >= 15 is 0 Å². The van der Waals surface area contributed by atoms with Crippen LogP contribution < -0.4 is 10.6 Å². The molecule has 0 aromatic heterocycles. The molecule has 4 nitrogen and oxygen atoms in total. The molecule has 0 radical (unpaired) electrons. The Balaban J connectivity index is 1.75. The van der Waals surface area contributed by atoms with Crippen molar-refractivity contribution in [1.82, 2.24) is 10.6 Å². The largest absolute Gasteiger partial charge is 0.494 e. The number of carbonyl (C=O) groups is 1. The van der Waals surface area contributed by atoms with Crippen LogP contribution in [0.3, 0.4) is 0 Å². The molecule has 106 valence electrons. The molecule has 3 rings (SSSR count).